The van der Waals surface area contributed by atoms with Gasteiger partial charge in [-0.1, -0.05) is 30.3 Å². The molecule has 0 fully saturated rings. The Bertz CT molecular complexity index is 502. The van der Waals surface area contributed by atoms with Crippen molar-refractivity contribution in [1.82, 2.24) is 14.8 Å². The van der Waals surface area contributed by atoms with Gasteiger partial charge in [-0.15, -0.1) is 13.2 Å². The molecule has 2 aromatic rings. The fourth-order valence-electron chi connectivity index (χ4n) is 1.27. The van der Waals surface area contributed by atoms with Gasteiger partial charge < -0.3 is 0 Å². The molecule has 1 aromatic carbocycles. The molecule has 1 aromatic heterocycles. The second-order valence-corrected chi connectivity index (χ2v) is 3.11. The predicted molar refractivity (Wildman–Crippen MR) is 54.5 cm³/mol. The smallest absolute Gasteiger partial charge is 0.223 e. The van der Waals surface area contributed by atoms with Crippen LogP contribution in [0.5, 0.6) is 0 Å². The first-order chi connectivity index (χ1) is 8.06. The topological polar surface area (TPSA) is 43.1 Å². The summed E-state index contributed by atoms with van der Waals surface area (Å²) in [5.74, 6) is -0.310. The number of rotatable bonds is 1. The molecule has 4 nitrogen and oxygen atoms in total. The van der Waals surface area contributed by atoms with E-state index in [2.05, 4.69) is 15.1 Å². The van der Waals surface area contributed by atoms with Crippen molar-refractivity contribution >= 4 is 5.84 Å². The molecule has 0 unspecified atom stereocenters. The van der Waals surface area contributed by atoms with E-state index in [1.54, 1.807) is 18.2 Å². The summed E-state index contributed by atoms with van der Waals surface area (Å²) in [6, 6.07) is 7.99. The molecule has 88 valence electrons. The Hall–Kier alpha value is -2.18. The van der Waals surface area contributed by atoms with Gasteiger partial charge in [0.2, 0.25) is 0 Å². The second kappa shape index (κ2) is 4.36. The van der Waals surface area contributed by atoms with E-state index in [4.69, 9.17) is 0 Å². The molecular weight excluding hydrogens is 233 g/mol. The van der Waals surface area contributed by atoms with Crippen LogP contribution >= 0.6 is 0 Å². The van der Waals surface area contributed by atoms with Crippen molar-refractivity contribution in [3.8, 4) is 0 Å². The number of halogens is 3. The molecule has 0 aliphatic carbocycles. The van der Waals surface area contributed by atoms with Gasteiger partial charge in [-0.05, 0) is 0 Å². The van der Waals surface area contributed by atoms with E-state index in [-0.39, 0.29) is 5.84 Å². The highest BCUT2D eigenvalue weighted by Crippen LogP contribution is 2.18. The van der Waals surface area contributed by atoms with Gasteiger partial charge in [-0.2, -0.15) is 10.1 Å². The zero-order chi connectivity index (χ0) is 12.3. The molecule has 0 radical (unpaired) electrons. The van der Waals surface area contributed by atoms with Crippen molar-refractivity contribution in [2.45, 2.75) is 6.30 Å². The van der Waals surface area contributed by atoms with Gasteiger partial charge in [0.15, 0.2) is 5.84 Å². The van der Waals surface area contributed by atoms with Crippen LogP contribution in [0.15, 0.2) is 48.0 Å². The first kappa shape index (κ1) is 11.3. The summed E-state index contributed by atoms with van der Waals surface area (Å²) >= 11 is 0. The molecule has 0 N–H and O–H groups in total. The van der Waals surface area contributed by atoms with Gasteiger partial charge >= 0.3 is 6.30 Å². The van der Waals surface area contributed by atoms with Crippen molar-refractivity contribution in [1.29, 1.82) is 0 Å². The Labute approximate surface area is 94.4 Å². The third kappa shape index (κ3) is 2.90. The maximum Gasteiger partial charge on any atom is 0.505 e. The Morgan fingerprint density at radius 1 is 1.18 bits per heavy atom. The van der Waals surface area contributed by atoms with Crippen LogP contribution in [0.4, 0.5) is 13.2 Å². The van der Waals surface area contributed by atoms with Gasteiger partial charge in [0, 0.05) is 5.56 Å². The molecule has 1 heterocycles. The van der Waals surface area contributed by atoms with Crippen LogP contribution in [-0.2, 0) is 0 Å². The van der Waals surface area contributed by atoms with Gasteiger partial charge in [-0.25, -0.2) is 9.67 Å². The van der Waals surface area contributed by atoms with Crippen LogP contribution in [0.1, 0.15) is 5.56 Å². The molecule has 0 spiro atoms. The molecule has 7 heteroatoms. The number of benzene rings is 1. The first-order valence-electron chi connectivity index (χ1n) is 4.63. The number of hydrogen-bond donors (Lipinski definition) is 0. The van der Waals surface area contributed by atoms with Crippen LogP contribution in [0.2, 0.25) is 0 Å². The molecule has 0 saturated carbocycles. The average molecular weight is 240 g/mol. The van der Waals surface area contributed by atoms with E-state index in [1.807, 2.05) is 0 Å². The number of nitrogens with zero attached hydrogens (tertiary/aromatic N) is 4. The summed E-state index contributed by atoms with van der Waals surface area (Å²) < 4.78 is 38.0. The summed E-state index contributed by atoms with van der Waals surface area (Å²) in [4.78, 5) is 6.30. The lowest BCUT2D eigenvalue weighted by Crippen LogP contribution is -2.19. The molecule has 2 rings (SSSR count). The summed E-state index contributed by atoms with van der Waals surface area (Å²) in [6.07, 6.45) is -2.34. The second-order valence-electron chi connectivity index (χ2n) is 3.11. The number of aromatic nitrogens is 3. The molecular formula is C10H7F3N4. The zero-order valence-corrected chi connectivity index (χ0v) is 8.46. The summed E-state index contributed by atoms with van der Waals surface area (Å²) in [5.41, 5.74) is 0.315. The predicted octanol–water partition coefficient (Wildman–Crippen LogP) is 2.09. The van der Waals surface area contributed by atoms with E-state index >= 15 is 0 Å². The van der Waals surface area contributed by atoms with Crippen LogP contribution in [0.25, 0.3) is 0 Å². The number of hydrogen-bond acceptors (Lipinski definition) is 3. The van der Waals surface area contributed by atoms with Crippen molar-refractivity contribution in [2.24, 2.45) is 4.99 Å². The van der Waals surface area contributed by atoms with E-state index in [1.165, 1.54) is 12.1 Å². The first-order valence-corrected chi connectivity index (χ1v) is 4.63. The maximum absolute atomic E-state index is 12.3. The van der Waals surface area contributed by atoms with Gasteiger partial charge in [-0.3, -0.25) is 0 Å². The molecule has 0 aliphatic rings. The van der Waals surface area contributed by atoms with Crippen molar-refractivity contribution in [3.63, 3.8) is 0 Å². The lowest BCUT2D eigenvalue weighted by molar-refractivity contribution is -0.119. The Balaban J connectivity index is 2.50. The molecule has 0 saturated heterocycles. The van der Waals surface area contributed by atoms with Crippen molar-refractivity contribution < 1.29 is 13.2 Å². The lowest BCUT2D eigenvalue weighted by atomic mass is 10.2. The minimum absolute atomic E-state index is 0.310. The molecule has 0 amide bonds. The summed E-state index contributed by atoms with van der Waals surface area (Å²) in [7, 11) is 0. The third-order valence-corrected chi connectivity index (χ3v) is 1.90. The largest absolute Gasteiger partial charge is 0.505 e. The maximum atomic E-state index is 12.3. The monoisotopic (exact) mass is 240 g/mol. The van der Waals surface area contributed by atoms with Crippen LogP contribution < -0.4 is 0 Å². The Morgan fingerprint density at radius 2 is 1.88 bits per heavy atom. The van der Waals surface area contributed by atoms with Crippen molar-refractivity contribution in [3.05, 3.63) is 48.5 Å². The quantitative estimate of drug-likeness (QED) is 0.435. The van der Waals surface area contributed by atoms with E-state index < -0.39 is 6.30 Å². The molecule has 17 heavy (non-hydrogen) atoms. The minimum atomic E-state index is -4.66. The SMILES string of the molecule is FC(F)(F)/N=C(\c1ccccc1)n1cncn1. The minimum Gasteiger partial charge on any atom is -0.223 e. The third-order valence-electron chi connectivity index (χ3n) is 1.90. The van der Waals surface area contributed by atoms with E-state index in [0.29, 0.717) is 5.56 Å². The fourth-order valence-corrected chi connectivity index (χ4v) is 1.27. The molecule has 0 atom stereocenters. The Morgan fingerprint density at radius 3 is 2.41 bits per heavy atom. The molecule has 0 bridgehead atoms. The van der Waals surface area contributed by atoms with Gasteiger partial charge in [0.1, 0.15) is 12.7 Å². The van der Waals surface area contributed by atoms with Gasteiger partial charge in [0.25, 0.3) is 0 Å². The number of aliphatic imine (C=N–C) groups is 1. The molecule has 0 aliphatic heterocycles. The highest BCUT2D eigenvalue weighted by Gasteiger charge is 2.28. The Kier molecular flexibility index (Phi) is 2.90. The van der Waals surface area contributed by atoms with Crippen LogP contribution in [0.3, 0.4) is 0 Å². The van der Waals surface area contributed by atoms with Crippen LogP contribution in [0, 0.1) is 0 Å². The summed E-state index contributed by atoms with van der Waals surface area (Å²) in [5, 5.41) is 3.65. The van der Waals surface area contributed by atoms with Crippen molar-refractivity contribution in [2.75, 3.05) is 0 Å². The van der Waals surface area contributed by atoms with Crippen LogP contribution in [-0.4, -0.2) is 26.9 Å². The van der Waals surface area contributed by atoms with E-state index in [0.717, 1.165) is 17.3 Å². The normalized spacial score (nSPS) is 12.8. The zero-order valence-electron chi connectivity index (χ0n) is 8.46. The number of alkyl halides is 3. The summed E-state index contributed by atoms with van der Waals surface area (Å²) in [6.45, 7) is 0. The standard InChI is InChI=1S/C10H7F3N4/c11-10(12,13)16-9(17-7-14-6-15-17)8-4-2-1-3-5-8/h1-7H/b16-9+. The fraction of sp³-hybridized carbons (Fsp3) is 0.100. The average Bonchev–Trinajstić information content (AvgIpc) is 2.79. The van der Waals surface area contributed by atoms with E-state index in [9.17, 15) is 13.2 Å². The highest BCUT2D eigenvalue weighted by atomic mass is 19.4. The van der Waals surface area contributed by atoms with Gasteiger partial charge in [0.05, 0.1) is 0 Å². The highest BCUT2D eigenvalue weighted by molar-refractivity contribution is 5.99. The lowest BCUT2D eigenvalue weighted by Gasteiger charge is -2.07.